The van der Waals surface area contributed by atoms with Gasteiger partial charge in [-0.2, -0.15) is 0 Å². The van der Waals surface area contributed by atoms with E-state index in [2.05, 4.69) is 4.98 Å². The normalized spacial score (nSPS) is 15.9. The number of aromatic nitrogens is 1. The molecule has 0 radical (unpaired) electrons. The highest BCUT2D eigenvalue weighted by Crippen LogP contribution is 2.44. The molecule has 0 unspecified atom stereocenters. The van der Waals surface area contributed by atoms with E-state index in [1.54, 1.807) is 49.4 Å². The Balaban J connectivity index is 1.57. The van der Waals surface area contributed by atoms with Crippen molar-refractivity contribution in [3.63, 3.8) is 0 Å². The maximum Gasteiger partial charge on any atom is 0.350 e. The van der Waals surface area contributed by atoms with Crippen molar-refractivity contribution in [3.05, 3.63) is 111 Å². The zero-order valence-corrected chi connectivity index (χ0v) is 24.9. The number of benzene rings is 3. The first-order valence-corrected chi connectivity index (χ1v) is 14.4. The summed E-state index contributed by atoms with van der Waals surface area (Å²) in [7, 11) is 1.26. The van der Waals surface area contributed by atoms with Gasteiger partial charge in [-0.25, -0.2) is 9.78 Å². The van der Waals surface area contributed by atoms with Crippen molar-refractivity contribution in [2.24, 2.45) is 0 Å². The summed E-state index contributed by atoms with van der Waals surface area (Å²) in [4.78, 5) is 45.3. The number of ketones is 1. The predicted molar refractivity (Wildman–Crippen MR) is 163 cm³/mol. The lowest BCUT2D eigenvalue weighted by Crippen LogP contribution is -2.29. The van der Waals surface area contributed by atoms with E-state index < -0.39 is 23.7 Å². The van der Waals surface area contributed by atoms with Crippen LogP contribution in [0.2, 0.25) is 0 Å². The lowest BCUT2D eigenvalue weighted by Gasteiger charge is -2.23. The van der Waals surface area contributed by atoms with Crippen LogP contribution in [0, 0.1) is 13.8 Å². The summed E-state index contributed by atoms with van der Waals surface area (Å²) in [6.45, 7) is 6.17. The Bertz CT molecular complexity index is 1710. The van der Waals surface area contributed by atoms with Gasteiger partial charge in [0.05, 0.1) is 31.0 Å². The number of methoxy groups -OCH3 is 1. The summed E-state index contributed by atoms with van der Waals surface area (Å²) in [5, 5.41) is 11.7. The molecular weight excluding hydrogens is 568 g/mol. The van der Waals surface area contributed by atoms with Crippen LogP contribution >= 0.6 is 11.3 Å². The number of hydrogen-bond donors (Lipinski definition) is 1. The quantitative estimate of drug-likeness (QED) is 0.106. The van der Waals surface area contributed by atoms with E-state index >= 15 is 0 Å². The molecule has 0 spiro atoms. The minimum absolute atomic E-state index is 0.0982. The van der Waals surface area contributed by atoms with Gasteiger partial charge in [-0.3, -0.25) is 14.5 Å². The molecule has 4 aromatic rings. The standard InChI is InChI=1S/C33H30N2O7S/c1-5-41-24-14-11-22(12-15-24)27-26(29(37)31(38)35(27)33-34-20(3)30(43-33)32(39)40-4)28(36)23-13-16-25(19(2)17-23)42-18-21-9-7-6-8-10-21/h6-17,27,36H,5,18H2,1-4H3/t27-/m0/s1. The van der Waals surface area contributed by atoms with Crippen molar-refractivity contribution in [2.45, 2.75) is 33.4 Å². The Kier molecular flexibility index (Phi) is 8.58. The second kappa shape index (κ2) is 12.5. The monoisotopic (exact) mass is 598 g/mol. The summed E-state index contributed by atoms with van der Waals surface area (Å²) in [5.74, 6) is -1.43. The number of aliphatic hydroxyl groups is 1. The molecule has 220 valence electrons. The van der Waals surface area contributed by atoms with Crippen LogP contribution in [0.4, 0.5) is 5.13 Å². The molecular formula is C33H30N2O7S. The van der Waals surface area contributed by atoms with Gasteiger partial charge in [0.1, 0.15) is 28.7 Å². The lowest BCUT2D eigenvalue weighted by atomic mass is 9.95. The highest BCUT2D eigenvalue weighted by Gasteiger charge is 2.48. The Morgan fingerprint density at radius 1 is 1.00 bits per heavy atom. The van der Waals surface area contributed by atoms with Crippen molar-refractivity contribution in [2.75, 3.05) is 18.6 Å². The maximum atomic E-state index is 13.6. The SMILES string of the molecule is CCOc1ccc([C@H]2C(=C(O)c3ccc(OCc4ccccc4)c(C)c3)C(=O)C(=O)N2c2nc(C)c(C(=O)OC)s2)cc1. The largest absolute Gasteiger partial charge is 0.507 e. The van der Waals surface area contributed by atoms with Crippen LogP contribution in [0.3, 0.4) is 0 Å². The van der Waals surface area contributed by atoms with Crippen molar-refractivity contribution < 1.29 is 33.7 Å². The number of carbonyl (C=O) groups is 3. The molecule has 1 saturated heterocycles. The van der Waals surface area contributed by atoms with Crippen molar-refractivity contribution in [1.82, 2.24) is 4.98 Å². The van der Waals surface area contributed by atoms with Gasteiger partial charge < -0.3 is 19.3 Å². The van der Waals surface area contributed by atoms with Gasteiger partial charge in [0.2, 0.25) is 0 Å². The van der Waals surface area contributed by atoms with Gasteiger partial charge in [0, 0.05) is 5.56 Å². The van der Waals surface area contributed by atoms with Gasteiger partial charge in [0.25, 0.3) is 5.78 Å². The number of thiazole rings is 1. The molecule has 1 fully saturated rings. The van der Waals surface area contributed by atoms with E-state index in [1.165, 1.54) is 12.0 Å². The van der Waals surface area contributed by atoms with Crippen LogP contribution < -0.4 is 14.4 Å². The predicted octanol–water partition coefficient (Wildman–Crippen LogP) is 6.15. The third-order valence-electron chi connectivity index (χ3n) is 7.00. The summed E-state index contributed by atoms with van der Waals surface area (Å²) in [6.07, 6.45) is 0. The Hall–Kier alpha value is -4.96. The van der Waals surface area contributed by atoms with Crippen LogP contribution in [0.25, 0.3) is 5.76 Å². The summed E-state index contributed by atoms with van der Waals surface area (Å²) >= 11 is 0.944. The van der Waals surface area contributed by atoms with Crippen LogP contribution in [0.15, 0.2) is 78.4 Å². The molecule has 0 aliphatic carbocycles. The average molecular weight is 599 g/mol. The zero-order chi connectivity index (χ0) is 30.7. The fraction of sp³-hybridized carbons (Fsp3) is 0.212. The smallest absolute Gasteiger partial charge is 0.350 e. The average Bonchev–Trinajstić information content (AvgIpc) is 3.52. The molecule has 10 heteroatoms. The fourth-order valence-corrected chi connectivity index (χ4v) is 5.89. The second-order valence-electron chi connectivity index (χ2n) is 9.83. The van der Waals surface area contributed by atoms with Gasteiger partial charge in [-0.05, 0) is 67.8 Å². The minimum Gasteiger partial charge on any atom is -0.507 e. The second-order valence-corrected chi connectivity index (χ2v) is 10.8. The highest BCUT2D eigenvalue weighted by atomic mass is 32.1. The van der Waals surface area contributed by atoms with Crippen LogP contribution in [0.1, 0.15) is 50.6 Å². The molecule has 1 aromatic heterocycles. The topological polar surface area (TPSA) is 115 Å². The maximum absolute atomic E-state index is 13.6. The molecule has 9 nitrogen and oxygen atoms in total. The van der Waals surface area contributed by atoms with Crippen molar-refractivity contribution in [3.8, 4) is 11.5 Å². The summed E-state index contributed by atoms with van der Waals surface area (Å²) in [5.41, 5.74) is 2.92. The number of amides is 1. The Morgan fingerprint density at radius 2 is 1.72 bits per heavy atom. The van der Waals surface area contributed by atoms with Crippen molar-refractivity contribution >= 4 is 39.9 Å². The van der Waals surface area contributed by atoms with Crippen molar-refractivity contribution in [1.29, 1.82) is 0 Å². The molecule has 43 heavy (non-hydrogen) atoms. The van der Waals surface area contributed by atoms with E-state index in [0.717, 1.165) is 22.5 Å². The first-order chi connectivity index (χ1) is 20.7. The third kappa shape index (κ3) is 5.87. The van der Waals surface area contributed by atoms with E-state index in [4.69, 9.17) is 14.2 Å². The van der Waals surface area contributed by atoms with Crippen LogP contribution in [-0.4, -0.2) is 41.5 Å². The summed E-state index contributed by atoms with van der Waals surface area (Å²) in [6, 6.07) is 20.7. The molecule has 1 atom stereocenters. The van der Waals surface area contributed by atoms with E-state index in [0.29, 0.717) is 41.5 Å². The number of esters is 1. The molecule has 0 saturated carbocycles. The van der Waals surface area contributed by atoms with Crippen LogP contribution in [0.5, 0.6) is 11.5 Å². The molecule has 1 N–H and O–H groups in total. The number of aryl methyl sites for hydroxylation is 2. The molecule has 1 amide bonds. The fourth-order valence-electron chi connectivity index (χ4n) is 4.88. The van der Waals surface area contributed by atoms with Gasteiger partial charge in [-0.1, -0.05) is 53.8 Å². The molecule has 1 aliphatic rings. The third-order valence-corrected chi connectivity index (χ3v) is 8.14. The van der Waals surface area contributed by atoms with Gasteiger partial charge in [0.15, 0.2) is 5.13 Å². The Labute approximate surface area is 253 Å². The van der Waals surface area contributed by atoms with Gasteiger partial charge in [-0.15, -0.1) is 0 Å². The minimum atomic E-state index is -1.01. The summed E-state index contributed by atoms with van der Waals surface area (Å²) < 4.78 is 16.4. The van der Waals surface area contributed by atoms with E-state index in [9.17, 15) is 19.5 Å². The molecule has 0 bridgehead atoms. The highest BCUT2D eigenvalue weighted by molar-refractivity contribution is 7.17. The number of aliphatic hydroxyl groups excluding tert-OH is 1. The number of anilines is 1. The van der Waals surface area contributed by atoms with E-state index in [-0.39, 0.29) is 21.3 Å². The first kappa shape index (κ1) is 29.5. The first-order valence-electron chi connectivity index (χ1n) is 13.6. The van der Waals surface area contributed by atoms with Crippen LogP contribution in [-0.2, 0) is 20.9 Å². The number of hydrogen-bond acceptors (Lipinski definition) is 9. The number of Topliss-reactive ketones (excluding diaryl/α,β-unsaturated/α-hetero) is 1. The molecule has 2 heterocycles. The molecule has 3 aromatic carbocycles. The Morgan fingerprint density at radius 3 is 2.37 bits per heavy atom. The number of carbonyl (C=O) groups excluding carboxylic acids is 3. The number of nitrogens with zero attached hydrogens (tertiary/aromatic N) is 2. The number of rotatable bonds is 9. The molecule has 5 rings (SSSR count). The van der Waals surface area contributed by atoms with Gasteiger partial charge >= 0.3 is 11.9 Å². The zero-order valence-electron chi connectivity index (χ0n) is 24.1. The number of ether oxygens (including phenoxy) is 3. The lowest BCUT2D eigenvalue weighted by molar-refractivity contribution is -0.132. The van der Waals surface area contributed by atoms with E-state index in [1.807, 2.05) is 44.2 Å². The molecule has 1 aliphatic heterocycles.